The normalized spacial score (nSPS) is 18.1. The number of anilines is 1. The molecule has 0 bridgehead atoms. The summed E-state index contributed by atoms with van der Waals surface area (Å²) in [7, 11) is 1.45. The zero-order chi connectivity index (χ0) is 24.3. The van der Waals surface area contributed by atoms with Gasteiger partial charge in [0.05, 0.1) is 34.7 Å². The fourth-order valence-corrected chi connectivity index (χ4v) is 4.96. The predicted molar refractivity (Wildman–Crippen MR) is 128 cm³/mol. The lowest BCUT2D eigenvalue weighted by atomic mass is 10.1. The first-order valence-electron chi connectivity index (χ1n) is 10.8. The summed E-state index contributed by atoms with van der Waals surface area (Å²) in [5.74, 6) is -0.185. The number of aromatic nitrogens is 4. The maximum Gasteiger partial charge on any atom is 0.308 e. The molecule has 1 aliphatic rings. The average Bonchev–Trinajstić information content (AvgIpc) is 3.33. The number of methoxy groups -OCH3 is 1. The van der Waals surface area contributed by atoms with Crippen LogP contribution in [-0.2, 0) is 9.53 Å². The number of pyridine rings is 1. The maximum absolute atomic E-state index is 11.9. The van der Waals surface area contributed by atoms with Gasteiger partial charge in [0.1, 0.15) is 22.2 Å². The number of carbonyl (C=O) groups is 1. The van der Waals surface area contributed by atoms with Crippen LogP contribution < -0.4 is 5.32 Å². The molecule has 0 aliphatic heterocycles. The van der Waals surface area contributed by atoms with Crippen molar-refractivity contribution in [3.63, 3.8) is 0 Å². The number of fused-ring (bicyclic) bond motifs is 1. The van der Waals surface area contributed by atoms with Crippen molar-refractivity contribution < 1.29 is 19.7 Å². The molecule has 33 heavy (non-hydrogen) atoms. The summed E-state index contributed by atoms with van der Waals surface area (Å²) in [6.45, 7) is 8.44. The molecule has 4 rings (SSSR count). The van der Waals surface area contributed by atoms with Crippen molar-refractivity contribution in [3.8, 4) is 10.6 Å². The summed E-state index contributed by atoms with van der Waals surface area (Å²) in [5.41, 5.74) is 3.65. The van der Waals surface area contributed by atoms with Gasteiger partial charge >= 0.3 is 5.97 Å². The van der Waals surface area contributed by atoms with Crippen LogP contribution in [0, 0.1) is 26.7 Å². The minimum absolute atomic E-state index is 0.0499. The first kappa shape index (κ1) is 24.9. The fourth-order valence-electron chi connectivity index (χ4n) is 3.85. The number of esters is 1. The van der Waals surface area contributed by atoms with Gasteiger partial charge in [-0.1, -0.05) is 0 Å². The van der Waals surface area contributed by atoms with E-state index in [0.717, 1.165) is 57.3 Å². The summed E-state index contributed by atoms with van der Waals surface area (Å²) < 4.78 is 6.00. The fraction of sp³-hybridized carbons (Fsp3) is 0.522. The SMILES string of the molecule is CC(C)(O)O.COC(=O)C1CCC(Nc2nc(C)nc(C)c2-c2nc3c(C)nccc3s2)C1. The molecule has 178 valence electrons. The van der Waals surface area contributed by atoms with E-state index >= 15 is 0 Å². The van der Waals surface area contributed by atoms with Gasteiger partial charge in [-0.25, -0.2) is 15.0 Å². The highest BCUT2D eigenvalue weighted by Crippen LogP contribution is 2.37. The monoisotopic (exact) mass is 473 g/mol. The number of aliphatic hydroxyl groups is 2. The molecule has 10 heteroatoms. The van der Waals surface area contributed by atoms with Crippen LogP contribution in [0.2, 0.25) is 0 Å². The van der Waals surface area contributed by atoms with Crippen LogP contribution in [0.1, 0.15) is 50.3 Å². The highest BCUT2D eigenvalue weighted by molar-refractivity contribution is 7.21. The first-order valence-corrected chi connectivity index (χ1v) is 11.6. The summed E-state index contributed by atoms with van der Waals surface area (Å²) >= 11 is 1.62. The van der Waals surface area contributed by atoms with Gasteiger partial charge in [-0.05, 0) is 59.9 Å². The van der Waals surface area contributed by atoms with Gasteiger partial charge in [0.25, 0.3) is 0 Å². The van der Waals surface area contributed by atoms with Gasteiger partial charge < -0.3 is 20.3 Å². The van der Waals surface area contributed by atoms with Crippen LogP contribution in [0.5, 0.6) is 0 Å². The van der Waals surface area contributed by atoms with Gasteiger partial charge in [-0.15, -0.1) is 11.3 Å². The molecule has 1 saturated carbocycles. The third-order valence-electron chi connectivity index (χ3n) is 5.21. The number of aryl methyl sites for hydroxylation is 3. The van der Waals surface area contributed by atoms with E-state index in [2.05, 4.69) is 20.3 Å². The van der Waals surface area contributed by atoms with Crippen molar-refractivity contribution in [1.29, 1.82) is 0 Å². The number of nitrogens with one attached hydrogen (secondary N) is 1. The van der Waals surface area contributed by atoms with E-state index in [9.17, 15) is 4.79 Å². The maximum atomic E-state index is 11.9. The third kappa shape index (κ3) is 6.43. The Hall–Kier alpha value is -2.69. The van der Waals surface area contributed by atoms with Crippen LogP contribution in [-0.4, -0.2) is 55.1 Å². The molecule has 0 amide bonds. The van der Waals surface area contributed by atoms with Crippen molar-refractivity contribution in [2.45, 2.75) is 65.7 Å². The molecule has 9 nitrogen and oxygen atoms in total. The van der Waals surface area contributed by atoms with Crippen LogP contribution in [0.15, 0.2) is 12.3 Å². The molecular formula is C23H31N5O4S. The van der Waals surface area contributed by atoms with E-state index in [0.29, 0.717) is 5.82 Å². The molecule has 1 aliphatic carbocycles. The van der Waals surface area contributed by atoms with E-state index in [4.69, 9.17) is 19.9 Å². The molecule has 0 radical (unpaired) electrons. The number of hydrogen-bond acceptors (Lipinski definition) is 10. The Morgan fingerprint density at radius 3 is 2.48 bits per heavy atom. The molecule has 3 heterocycles. The second-order valence-corrected chi connectivity index (χ2v) is 9.74. The van der Waals surface area contributed by atoms with Gasteiger partial charge in [-0.2, -0.15) is 0 Å². The van der Waals surface area contributed by atoms with E-state index in [1.54, 1.807) is 11.3 Å². The molecule has 0 saturated heterocycles. The average molecular weight is 474 g/mol. The number of carbonyl (C=O) groups excluding carboxylic acids is 1. The quantitative estimate of drug-likeness (QED) is 0.385. The minimum atomic E-state index is -1.50. The van der Waals surface area contributed by atoms with E-state index in [-0.39, 0.29) is 17.9 Å². The molecule has 0 spiro atoms. The van der Waals surface area contributed by atoms with Gasteiger partial charge in [0.2, 0.25) is 0 Å². The molecule has 3 aromatic heterocycles. The summed E-state index contributed by atoms with van der Waals surface area (Å²) in [4.78, 5) is 30.2. The third-order valence-corrected chi connectivity index (χ3v) is 6.25. The number of ether oxygens (including phenoxy) is 1. The summed E-state index contributed by atoms with van der Waals surface area (Å²) in [5, 5.41) is 20.6. The van der Waals surface area contributed by atoms with Crippen LogP contribution in [0.3, 0.4) is 0 Å². The molecule has 0 aromatic carbocycles. The summed E-state index contributed by atoms with van der Waals surface area (Å²) in [6, 6.07) is 2.16. The Kier molecular flexibility index (Phi) is 7.61. The summed E-state index contributed by atoms with van der Waals surface area (Å²) in [6.07, 6.45) is 4.29. The smallest absolute Gasteiger partial charge is 0.308 e. The second kappa shape index (κ2) is 10.1. The van der Waals surface area contributed by atoms with Crippen LogP contribution in [0.25, 0.3) is 20.8 Å². The Balaban J connectivity index is 0.000000555. The largest absolute Gasteiger partial charge is 0.469 e. The molecular weight excluding hydrogens is 442 g/mol. The number of nitrogens with zero attached hydrogens (tertiary/aromatic N) is 4. The molecule has 3 N–H and O–H groups in total. The van der Waals surface area contributed by atoms with E-state index in [1.165, 1.54) is 21.0 Å². The van der Waals surface area contributed by atoms with Gasteiger partial charge in [0, 0.05) is 12.2 Å². The van der Waals surface area contributed by atoms with E-state index < -0.39 is 5.79 Å². The van der Waals surface area contributed by atoms with Crippen molar-refractivity contribution >= 4 is 33.3 Å². The van der Waals surface area contributed by atoms with Gasteiger partial charge in [-0.3, -0.25) is 9.78 Å². The minimum Gasteiger partial charge on any atom is -0.469 e. The van der Waals surface area contributed by atoms with E-state index in [1.807, 2.05) is 33.0 Å². The number of thiazole rings is 1. The molecule has 2 atom stereocenters. The van der Waals surface area contributed by atoms with Crippen LogP contribution >= 0.6 is 11.3 Å². The van der Waals surface area contributed by atoms with Crippen molar-refractivity contribution in [2.75, 3.05) is 12.4 Å². The van der Waals surface area contributed by atoms with Crippen molar-refractivity contribution in [2.24, 2.45) is 5.92 Å². The Bertz CT molecular complexity index is 1140. The lowest BCUT2D eigenvalue weighted by molar-refractivity contribution is -0.145. The van der Waals surface area contributed by atoms with Gasteiger partial charge in [0.15, 0.2) is 5.79 Å². The van der Waals surface area contributed by atoms with Crippen LogP contribution in [0.4, 0.5) is 5.82 Å². The Labute approximate surface area is 197 Å². The lowest BCUT2D eigenvalue weighted by Crippen LogP contribution is -2.20. The topological polar surface area (TPSA) is 130 Å². The zero-order valence-electron chi connectivity index (χ0n) is 19.8. The predicted octanol–water partition coefficient (Wildman–Crippen LogP) is 3.53. The second-order valence-electron chi connectivity index (χ2n) is 8.71. The standard InChI is InChI=1S/C20H23N5O2S.C3H8O2/c1-10-16(19-25-17-11(2)21-8-7-15(17)28-19)18(23-12(3)22-10)24-14-6-5-13(9-14)20(26)27-4;1-3(2,4)5/h7-8,13-14H,5-6,9H2,1-4H3,(H,22,23,24);4-5H,1-2H3. The number of rotatable bonds is 4. The number of hydrogen-bond donors (Lipinski definition) is 3. The first-order chi connectivity index (χ1) is 15.5. The highest BCUT2D eigenvalue weighted by atomic mass is 32.1. The molecule has 1 fully saturated rings. The lowest BCUT2D eigenvalue weighted by Gasteiger charge is -2.17. The molecule has 2 unspecified atom stereocenters. The zero-order valence-corrected chi connectivity index (χ0v) is 20.7. The van der Waals surface area contributed by atoms with Crippen molar-refractivity contribution in [3.05, 3.63) is 29.5 Å². The van der Waals surface area contributed by atoms with Crippen molar-refractivity contribution in [1.82, 2.24) is 19.9 Å². The molecule has 3 aromatic rings. The Morgan fingerprint density at radius 2 is 1.85 bits per heavy atom. The Morgan fingerprint density at radius 1 is 1.15 bits per heavy atom. The highest BCUT2D eigenvalue weighted by Gasteiger charge is 2.31.